The van der Waals surface area contributed by atoms with Crippen LogP contribution in [0.25, 0.3) is 22.4 Å². The summed E-state index contributed by atoms with van der Waals surface area (Å²) in [6.45, 7) is 1.49. The second kappa shape index (κ2) is 8.76. The van der Waals surface area contributed by atoms with Crippen LogP contribution in [0.4, 0.5) is 14.6 Å². The first-order valence-corrected chi connectivity index (χ1v) is 9.79. The summed E-state index contributed by atoms with van der Waals surface area (Å²) in [6.07, 6.45) is 4.79. The number of rotatable bonds is 7. The summed E-state index contributed by atoms with van der Waals surface area (Å²) in [5, 5.41) is 3.36. The lowest BCUT2D eigenvalue weighted by Gasteiger charge is -2.12. The summed E-state index contributed by atoms with van der Waals surface area (Å²) in [4.78, 5) is 21.3. The van der Waals surface area contributed by atoms with Gasteiger partial charge >= 0.3 is 6.61 Å². The van der Waals surface area contributed by atoms with Crippen LogP contribution in [0.1, 0.15) is 25.5 Å². The molecule has 0 atom stereocenters. The zero-order valence-corrected chi connectivity index (χ0v) is 17.4. The number of hydrogen-bond donors (Lipinski definition) is 1. The summed E-state index contributed by atoms with van der Waals surface area (Å²) < 4.78 is 30.9. The van der Waals surface area contributed by atoms with Gasteiger partial charge in [0.1, 0.15) is 0 Å². The molecular weight excluding hydrogens is 428 g/mol. The molecule has 4 rings (SSSR count). The maximum absolute atomic E-state index is 12.3. The number of hydrogen-bond acceptors (Lipinski definition) is 7. The van der Waals surface area contributed by atoms with E-state index >= 15 is 0 Å². The molecule has 4 aromatic rings. The van der Waals surface area contributed by atoms with Crippen molar-refractivity contribution in [2.75, 3.05) is 5.32 Å². The molecule has 31 heavy (non-hydrogen) atoms. The van der Waals surface area contributed by atoms with E-state index in [4.69, 9.17) is 11.6 Å². The van der Waals surface area contributed by atoms with Crippen molar-refractivity contribution in [2.24, 2.45) is 0 Å². The van der Waals surface area contributed by atoms with E-state index < -0.39 is 6.61 Å². The summed E-state index contributed by atoms with van der Waals surface area (Å²) in [5.41, 5.74) is 3.41. The monoisotopic (exact) mass is 445 g/mol. The Bertz CT molecular complexity index is 1200. The zero-order valence-electron chi connectivity index (χ0n) is 16.6. The van der Waals surface area contributed by atoms with Crippen LogP contribution < -0.4 is 10.1 Å². The molecule has 0 aliphatic heterocycles. The Morgan fingerprint density at radius 3 is 2.68 bits per heavy atom. The molecule has 0 unspecified atom stereocenters. The predicted molar refractivity (Wildman–Crippen MR) is 112 cm³/mol. The molecule has 0 bridgehead atoms. The van der Waals surface area contributed by atoms with Gasteiger partial charge in [-0.15, -0.1) is 0 Å². The molecule has 0 aromatic carbocycles. The number of pyridine rings is 2. The van der Waals surface area contributed by atoms with Crippen molar-refractivity contribution in [3.8, 4) is 17.1 Å². The van der Waals surface area contributed by atoms with Crippen molar-refractivity contribution in [1.82, 2.24) is 29.5 Å². The van der Waals surface area contributed by atoms with Crippen molar-refractivity contribution in [3.63, 3.8) is 0 Å². The molecule has 11 heteroatoms. The molecule has 0 amide bonds. The van der Waals surface area contributed by atoms with Gasteiger partial charge in [0, 0.05) is 36.6 Å². The molecular formula is C20H18ClF2N7O. The van der Waals surface area contributed by atoms with E-state index in [1.54, 1.807) is 24.7 Å². The third kappa shape index (κ3) is 4.53. The van der Waals surface area contributed by atoms with Gasteiger partial charge in [-0.05, 0) is 43.1 Å². The van der Waals surface area contributed by atoms with Crippen LogP contribution >= 0.6 is 11.6 Å². The SMILES string of the molecule is CC(C)n1cnc2c(NCc3cccnc3-c3ccc(OC(F)F)nc3)nc(Cl)nc21. The molecule has 160 valence electrons. The van der Waals surface area contributed by atoms with Gasteiger partial charge in [0.25, 0.3) is 0 Å². The number of ether oxygens (including phenoxy) is 1. The first-order valence-electron chi connectivity index (χ1n) is 9.41. The van der Waals surface area contributed by atoms with Crippen LogP contribution in [0, 0.1) is 0 Å². The Morgan fingerprint density at radius 1 is 1.13 bits per heavy atom. The fourth-order valence-corrected chi connectivity index (χ4v) is 3.26. The summed E-state index contributed by atoms with van der Waals surface area (Å²) in [6, 6.07) is 6.86. The van der Waals surface area contributed by atoms with E-state index in [0.717, 1.165) is 5.56 Å². The van der Waals surface area contributed by atoms with E-state index in [-0.39, 0.29) is 17.2 Å². The zero-order chi connectivity index (χ0) is 22.0. The van der Waals surface area contributed by atoms with Crippen molar-refractivity contribution >= 4 is 28.6 Å². The van der Waals surface area contributed by atoms with E-state index in [1.165, 1.54) is 12.3 Å². The largest absolute Gasteiger partial charge is 0.417 e. The Labute approximate surface area is 181 Å². The lowest BCUT2D eigenvalue weighted by Crippen LogP contribution is -2.07. The number of aromatic nitrogens is 6. The fourth-order valence-electron chi connectivity index (χ4n) is 3.09. The number of anilines is 1. The maximum Gasteiger partial charge on any atom is 0.388 e. The van der Waals surface area contributed by atoms with E-state index in [0.29, 0.717) is 34.8 Å². The van der Waals surface area contributed by atoms with Crippen LogP contribution in [-0.2, 0) is 6.54 Å². The minimum Gasteiger partial charge on any atom is -0.417 e. The van der Waals surface area contributed by atoms with Gasteiger partial charge in [0.15, 0.2) is 17.0 Å². The highest BCUT2D eigenvalue weighted by molar-refractivity contribution is 6.28. The second-order valence-corrected chi connectivity index (χ2v) is 7.23. The predicted octanol–water partition coefficient (Wildman–Crippen LogP) is 4.73. The molecule has 0 radical (unpaired) electrons. The smallest absolute Gasteiger partial charge is 0.388 e. The quantitative estimate of drug-likeness (QED) is 0.411. The first kappa shape index (κ1) is 20.9. The highest BCUT2D eigenvalue weighted by Gasteiger charge is 2.15. The average Bonchev–Trinajstić information content (AvgIpc) is 3.16. The number of alkyl halides is 2. The van der Waals surface area contributed by atoms with Gasteiger partial charge in [-0.2, -0.15) is 18.7 Å². The number of imidazole rings is 1. The van der Waals surface area contributed by atoms with Crippen molar-refractivity contribution < 1.29 is 13.5 Å². The summed E-state index contributed by atoms with van der Waals surface area (Å²) in [5.74, 6) is 0.344. The Balaban J connectivity index is 1.61. The fraction of sp³-hybridized carbons (Fsp3) is 0.250. The van der Waals surface area contributed by atoms with Crippen molar-refractivity contribution in [1.29, 1.82) is 0 Å². The summed E-state index contributed by atoms with van der Waals surface area (Å²) in [7, 11) is 0. The third-order valence-corrected chi connectivity index (χ3v) is 4.68. The normalized spacial score (nSPS) is 11.5. The molecule has 8 nitrogen and oxygen atoms in total. The van der Waals surface area contributed by atoms with Gasteiger partial charge < -0.3 is 14.6 Å². The number of nitrogens with one attached hydrogen (secondary N) is 1. The summed E-state index contributed by atoms with van der Waals surface area (Å²) >= 11 is 6.13. The Morgan fingerprint density at radius 2 is 1.97 bits per heavy atom. The number of nitrogens with zero attached hydrogens (tertiary/aromatic N) is 6. The molecule has 0 spiro atoms. The molecule has 0 aliphatic carbocycles. The number of halogens is 3. The Kier molecular flexibility index (Phi) is 5.90. The van der Waals surface area contributed by atoms with Crippen LogP contribution in [0.15, 0.2) is 43.0 Å². The molecule has 4 aromatic heterocycles. The molecule has 1 N–H and O–H groups in total. The standard InChI is InChI=1S/C20H18ClF2N7O/c1-11(2)30-10-27-16-17(28-19(21)29-18(16)30)26-9-12-4-3-7-24-15(12)13-5-6-14(25-8-13)31-20(22)23/h3-8,10-11,20H,9H2,1-2H3,(H,26,28,29). The first-order chi connectivity index (χ1) is 14.9. The van der Waals surface area contributed by atoms with Gasteiger partial charge in [-0.3, -0.25) is 4.98 Å². The van der Waals surface area contributed by atoms with E-state index in [2.05, 4.69) is 35.0 Å². The molecule has 0 fully saturated rings. The third-order valence-electron chi connectivity index (χ3n) is 4.51. The Hall–Kier alpha value is -3.40. The second-order valence-electron chi connectivity index (χ2n) is 6.89. The minimum atomic E-state index is -2.93. The molecule has 0 saturated carbocycles. The lowest BCUT2D eigenvalue weighted by molar-refractivity contribution is -0.0528. The van der Waals surface area contributed by atoms with Gasteiger partial charge in [0.2, 0.25) is 11.2 Å². The van der Waals surface area contributed by atoms with Gasteiger partial charge in [-0.25, -0.2) is 9.97 Å². The van der Waals surface area contributed by atoms with Crippen LogP contribution in [0.3, 0.4) is 0 Å². The van der Waals surface area contributed by atoms with Crippen molar-refractivity contribution in [2.45, 2.75) is 33.0 Å². The average molecular weight is 446 g/mol. The molecule has 0 saturated heterocycles. The van der Waals surface area contributed by atoms with Gasteiger partial charge in [0.05, 0.1) is 12.0 Å². The van der Waals surface area contributed by atoms with Crippen LogP contribution in [-0.4, -0.2) is 36.1 Å². The molecule has 0 aliphatic rings. The van der Waals surface area contributed by atoms with Crippen LogP contribution in [0.2, 0.25) is 5.28 Å². The highest BCUT2D eigenvalue weighted by Crippen LogP contribution is 2.26. The number of fused-ring (bicyclic) bond motifs is 1. The molecule has 4 heterocycles. The minimum absolute atomic E-state index is 0.114. The van der Waals surface area contributed by atoms with Crippen molar-refractivity contribution in [3.05, 3.63) is 53.8 Å². The lowest BCUT2D eigenvalue weighted by atomic mass is 10.1. The van der Waals surface area contributed by atoms with E-state index in [9.17, 15) is 8.78 Å². The van der Waals surface area contributed by atoms with Gasteiger partial charge in [-0.1, -0.05) is 6.07 Å². The van der Waals surface area contributed by atoms with E-state index in [1.807, 2.05) is 24.5 Å². The highest BCUT2D eigenvalue weighted by atomic mass is 35.5. The maximum atomic E-state index is 12.3. The topological polar surface area (TPSA) is 90.6 Å². The van der Waals surface area contributed by atoms with Crippen LogP contribution in [0.5, 0.6) is 5.88 Å².